The van der Waals surface area contributed by atoms with Crippen molar-refractivity contribution in [3.8, 4) is 22.6 Å². The number of aromatic nitrogens is 2. The smallest absolute Gasteiger partial charge is 0.406 e. The SMILES string of the molecule is FC(F)(F)Oc1ccc(-n2cc(-c3ccc(N4CCSCC4)cc3)cn2)cc1. The average molecular weight is 405 g/mol. The molecule has 4 rings (SSSR count). The number of ether oxygens (including phenoxy) is 1. The molecule has 2 heterocycles. The zero-order valence-corrected chi connectivity index (χ0v) is 15.7. The van der Waals surface area contributed by atoms with E-state index in [0.29, 0.717) is 5.69 Å². The molecule has 1 saturated heterocycles. The van der Waals surface area contributed by atoms with Crippen LogP contribution in [0.15, 0.2) is 60.9 Å². The van der Waals surface area contributed by atoms with Crippen LogP contribution in [0.3, 0.4) is 0 Å². The van der Waals surface area contributed by atoms with Gasteiger partial charge in [-0.3, -0.25) is 0 Å². The molecule has 0 spiro atoms. The van der Waals surface area contributed by atoms with Gasteiger partial charge in [0.05, 0.1) is 11.9 Å². The minimum Gasteiger partial charge on any atom is -0.406 e. The third-order valence-corrected chi connectivity index (χ3v) is 5.44. The molecule has 0 radical (unpaired) electrons. The second-order valence-electron chi connectivity index (χ2n) is 6.36. The molecule has 2 aromatic carbocycles. The quantitative estimate of drug-likeness (QED) is 0.612. The fraction of sp³-hybridized carbons (Fsp3) is 0.250. The van der Waals surface area contributed by atoms with Crippen molar-refractivity contribution in [1.29, 1.82) is 0 Å². The summed E-state index contributed by atoms with van der Waals surface area (Å²) in [6, 6.07) is 14.0. The lowest BCUT2D eigenvalue weighted by Crippen LogP contribution is -2.32. The number of nitrogens with zero attached hydrogens (tertiary/aromatic N) is 3. The number of anilines is 1. The summed E-state index contributed by atoms with van der Waals surface area (Å²) in [6.45, 7) is 2.13. The maximum atomic E-state index is 12.3. The van der Waals surface area contributed by atoms with Gasteiger partial charge in [0.2, 0.25) is 0 Å². The lowest BCUT2D eigenvalue weighted by molar-refractivity contribution is -0.274. The van der Waals surface area contributed by atoms with Gasteiger partial charge in [-0.2, -0.15) is 16.9 Å². The molecule has 0 N–H and O–H groups in total. The molecule has 1 fully saturated rings. The van der Waals surface area contributed by atoms with E-state index in [-0.39, 0.29) is 5.75 Å². The van der Waals surface area contributed by atoms with Crippen molar-refractivity contribution in [1.82, 2.24) is 9.78 Å². The van der Waals surface area contributed by atoms with E-state index in [1.54, 1.807) is 10.9 Å². The first-order valence-corrected chi connectivity index (χ1v) is 9.97. The summed E-state index contributed by atoms with van der Waals surface area (Å²) in [6.07, 6.45) is -1.10. The van der Waals surface area contributed by atoms with Gasteiger partial charge in [-0.05, 0) is 42.0 Å². The van der Waals surface area contributed by atoms with E-state index >= 15 is 0 Å². The normalized spacial score (nSPS) is 14.9. The summed E-state index contributed by atoms with van der Waals surface area (Å²) in [4.78, 5) is 2.38. The summed E-state index contributed by atoms with van der Waals surface area (Å²) >= 11 is 1.98. The summed E-state index contributed by atoms with van der Waals surface area (Å²) in [5.74, 6) is 2.05. The van der Waals surface area contributed by atoms with Gasteiger partial charge in [-0.1, -0.05) is 12.1 Å². The van der Waals surface area contributed by atoms with Gasteiger partial charge in [-0.15, -0.1) is 13.2 Å². The van der Waals surface area contributed by atoms with E-state index in [1.165, 1.54) is 30.0 Å². The Kier molecular flexibility index (Phi) is 5.21. The highest BCUT2D eigenvalue weighted by molar-refractivity contribution is 7.99. The van der Waals surface area contributed by atoms with E-state index in [2.05, 4.69) is 39.0 Å². The first-order valence-electron chi connectivity index (χ1n) is 8.82. The van der Waals surface area contributed by atoms with Gasteiger partial charge in [-0.25, -0.2) is 4.68 Å². The van der Waals surface area contributed by atoms with Gasteiger partial charge in [0.25, 0.3) is 0 Å². The average Bonchev–Trinajstić information content (AvgIpc) is 3.18. The largest absolute Gasteiger partial charge is 0.573 e. The van der Waals surface area contributed by atoms with Crippen molar-refractivity contribution in [2.75, 3.05) is 29.5 Å². The Balaban J connectivity index is 1.48. The molecule has 146 valence electrons. The van der Waals surface area contributed by atoms with Crippen LogP contribution in [0.5, 0.6) is 5.75 Å². The van der Waals surface area contributed by atoms with Crippen LogP contribution in [0.4, 0.5) is 18.9 Å². The summed E-state index contributed by atoms with van der Waals surface area (Å²) in [5.41, 5.74) is 3.86. The maximum Gasteiger partial charge on any atom is 0.573 e. The molecule has 0 amide bonds. The molecule has 0 saturated carbocycles. The predicted molar refractivity (Wildman–Crippen MR) is 105 cm³/mol. The standard InChI is InChI=1S/C20H18F3N3OS/c21-20(22,23)27-19-7-5-18(6-8-19)26-14-16(13-24-26)15-1-3-17(4-2-15)25-9-11-28-12-10-25/h1-8,13-14H,9-12H2. The summed E-state index contributed by atoms with van der Waals surface area (Å²) < 4.78 is 42.3. The van der Waals surface area contributed by atoms with Crippen LogP contribution >= 0.6 is 11.8 Å². The lowest BCUT2D eigenvalue weighted by atomic mass is 10.1. The van der Waals surface area contributed by atoms with Crippen molar-refractivity contribution >= 4 is 17.4 Å². The van der Waals surface area contributed by atoms with Crippen LogP contribution in [-0.2, 0) is 0 Å². The van der Waals surface area contributed by atoms with Crippen LogP contribution in [-0.4, -0.2) is 40.7 Å². The van der Waals surface area contributed by atoms with Gasteiger partial charge in [0, 0.05) is 42.0 Å². The van der Waals surface area contributed by atoms with Crippen molar-refractivity contribution in [2.45, 2.75) is 6.36 Å². The number of halogens is 3. The molecule has 4 nitrogen and oxygen atoms in total. The van der Waals surface area contributed by atoms with E-state index in [1.807, 2.05) is 18.0 Å². The number of hydrogen-bond donors (Lipinski definition) is 0. The highest BCUT2D eigenvalue weighted by atomic mass is 32.2. The Morgan fingerprint density at radius 2 is 1.50 bits per heavy atom. The Morgan fingerprint density at radius 1 is 0.857 bits per heavy atom. The minimum absolute atomic E-state index is 0.254. The summed E-state index contributed by atoms with van der Waals surface area (Å²) in [7, 11) is 0. The number of rotatable bonds is 4. The van der Waals surface area contributed by atoms with Crippen LogP contribution in [0.2, 0.25) is 0 Å². The van der Waals surface area contributed by atoms with Crippen molar-refractivity contribution in [3.05, 3.63) is 60.9 Å². The first-order chi connectivity index (χ1) is 13.5. The minimum atomic E-state index is -4.69. The zero-order valence-electron chi connectivity index (χ0n) is 14.9. The first kappa shape index (κ1) is 18.7. The van der Waals surface area contributed by atoms with E-state index < -0.39 is 6.36 Å². The number of thioether (sulfide) groups is 1. The lowest BCUT2D eigenvalue weighted by Gasteiger charge is -2.28. The Labute approximate surface area is 164 Å². The number of alkyl halides is 3. The molecule has 8 heteroatoms. The molecular weight excluding hydrogens is 387 g/mol. The molecule has 0 atom stereocenters. The van der Waals surface area contributed by atoms with Gasteiger partial charge >= 0.3 is 6.36 Å². The van der Waals surface area contributed by atoms with Gasteiger partial charge in [0.1, 0.15) is 5.75 Å². The fourth-order valence-electron chi connectivity index (χ4n) is 3.10. The van der Waals surface area contributed by atoms with Crippen molar-refractivity contribution in [2.24, 2.45) is 0 Å². The second-order valence-corrected chi connectivity index (χ2v) is 7.59. The summed E-state index contributed by atoms with van der Waals surface area (Å²) in [5, 5.41) is 4.32. The van der Waals surface area contributed by atoms with Crippen LogP contribution in [0, 0.1) is 0 Å². The molecule has 1 aromatic heterocycles. The number of hydrogen-bond acceptors (Lipinski definition) is 4. The highest BCUT2D eigenvalue weighted by Gasteiger charge is 2.31. The third-order valence-electron chi connectivity index (χ3n) is 4.49. The molecule has 1 aliphatic heterocycles. The molecule has 0 unspecified atom stereocenters. The molecule has 28 heavy (non-hydrogen) atoms. The van der Waals surface area contributed by atoms with E-state index in [0.717, 1.165) is 35.7 Å². The second kappa shape index (κ2) is 7.79. The van der Waals surface area contributed by atoms with E-state index in [4.69, 9.17) is 0 Å². The Hall–Kier alpha value is -2.61. The topological polar surface area (TPSA) is 30.3 Å². The third kappa shape index (κ3) is 4.44. The van der Waals surface area contributed by atoms with Crippen LogP contribution in [0.1, 0.15) is 0 Å². The van der Waals surface area contributed by atoms with Crippen LogP contribution < -0.4 is 9.64 Å². The molecular formula is C20H18F3N3OS. The van der Waals surface area contributed by atoms with Crippen LogP contribution in [0.25, 0.3) is 16.8 Å². The van der Waals surface area contributed by atoms with Gasteiger partial charge < -0.3 is 9.64 Å². The zero-order chi connectivity index (χ0) is 19.6. The highest BCUT2D eigenvalue weighted by Crippen LogP contribution is 2.27. The molecule has 0 aliphatic carbocycles. The molecule has 0 bridgehead atoms. The van der Waals surface area contributed by atoms with Crippen molar-refractivity contribution in [3.63, 3.8) is 0 Å². The Morgan fingerprint density at radius 3 is 2.14 bits per heavy atom. The maximum absolute atomic E-state index is 12.3. The number of benzene rings is 2. The molecule has 1 aliphatic rings. The van der Waals surface area contributed by atoms with Gasteiger partial charge in [0.15, 0.2) is 0 Å². The molecule has 3 aromatic rings. The predicted octanol–water partition coefficient (Wildman–Crippen LogP) is 4.99. The fourth-order valence-corrected chi connectivity index (χ4v) is 4.00. The van der Waals surface area contributed by atoms with Crippen molar-refractivity contribution < 1.29 is 17.9 Å². The Bertz CT molecular complexity index is 917. The monoisotopic (exact) mass is 405 g/mol. The van der Waals surface area contributed by atoms with E-state index in [9.17, 15) is 13.2 Å².